The highest BCUT2D eigenvalue weighted by Gasteiger charge is 2.09. The molecule has 0 spiro atoms. The molecule has 0 atom stereocenters. The second-order valence-corrected chi connectivity index (χ2v) is 4.82. The number of aryl methyl sites for hydroxylation is 1. The summed E-state index contributed by atoms with van der Waals surface area (Å²) in [7, 11) is 0. The van der Waals surface area contributed by atoms with Gasteiger partial charge in [-0.2, -0.15) is 5.10 Å². The summed E-state index contributed by atoms with van der Waals surface area (Å²) in [6.07, 6.45) is 1.02. The monoisotopic (exact) mass is 268 g/mol. The molecule has 3 heteroatoms. The molecular formula is C17H20N2O. The maximum Gasteiger partial charge on any atom is 0.104 e. The Morgan fingerprint density at radius 2 is 1.90 bits per heavy atom. The van der Waals surface area contributed by atoms with Gasteiger partial charge in [0.25, 0.3) is 0 Å². The Hall–Kier alpha value is -2.05. The average Bonchev–Trinajstić information content (AvgIpc) is 2.72. The van der Waals surface area contributed by atoms with Gasteiger partial charge >= 0.3 is 0 Å². The van der Waals surface area contributed by atoms with E-state index in [-0.39, 0.29) is 6.61 Å². The van der Waals surface area contributed by atoms with Crippen molar-refractivity contribution in [3.05, 3.63) is 52.3 Å². The second-order valence-electron chi connectivity index (χ2n) is 4.82. The molecule has 2 rings (SSSR count). The summed E-state index contributed by atoms with van der Waals surface area (Å²) in [6.45, 7) is 7.03. The lowest BCUT2D eigenvalue weighted by Gasteiger charge is -2.05. The topological polar surface area (TPSA) is 38.0 Å². The van der Waals surface area contributed by atoms with Gasteiger partial charge in [0.05, 0.1) is 12.2 Å². The van der Waals surface area contributed by atoms with E-state index in [2.05, 4.69) is 54.5 Å². The first kappa shape index (κ1) is 14.4. The molecule has 0 aliphatic heterocycles. The molecule has 0 fully saturated rings. The van der Waals surface area contributed by atoms with Crippen LogP contribution in [0.3, 0.4) is 0 Å². The Kier molecular flexibility index (Phi) is 4.60. The number of nitrogens with zero attached hydrogens (tertiary/aromatic N) is 2. The minimum absolute atomic E-state index is 0.104. The van der Waals surface area contributed by atoms with Crippen LogP contribution in [-0.4, -0.2) is 21.5 Å². The molecule has 0 saturated carbocycles. The van der Waals surface area contributed by atoms with E-state index in [1.807, 2.05) is 12.1 Å². The summed E-state index contributed by atoms with van der Waals surface area (Å²) >= 11 is 0. The lowest BCUT2D eigenvalue weighted by molar-refractivity contribution is 0.350. The molecule has 0 unspecified atom stereocenters. The molecule has 1 N–H and O–H groups in total. The van der Waals surface area contributed by atoms with Gasteiger partial charge in [0.1, 0.15) is 6.61 Å². The summed E-state index contributed by atoms with van der Waals surface area (Å²) in [5, 5.41) is 13.3. The van der Waals surface area contributed by atoms with Crippen LogP contribution < -0.4 is 0 Å². The maximum absolute atomic E-state index is 8.67. The Bertz CT molecular complexity index is 642. The van der Waals surface area contributed by atoms with E-state index in [1.165, 1.54) is 16.8 Å². The normalized spacial score (nSPS) is 10.2. The van der Waals surface area contributed by atoms with E-state index < -0.39 is 0 Å². The molecular weight excluding hydrogens is 248 g/mol. The molecule has 0 saturated heterocycles. The number of hydrogen-bond donors (Lipinski definition) is 1. The third kappa shape index (κ3) is 3.09. The molecule has 0 aliphatic rings. The molecule has 2 aromatic rings. The number of hydrogen-bond acceptors (Lipinski definition) is 2. The first-order chi connectivity index (χ1) is 9.65. The van der Waals surface area contributed by atoms with E-state index in [0.717, 1.165) is 24.2 Å². The molecule has 0 bridgehead atoms. The van der Waals surface area contributed by atoms with Crippen molar-refractivity contribution in [3.8, 4) is 11.8 Å². The molecule has 1 aromatic carbocycles. The third-order valence-electron chi connectivity index (χ3n) is 3.48. The van der Waals surface area contributed by atoms with Gasteiger partial charge in [-0.15, -0.1) is 0 Å². The van der Waals surface area contributed by atoms with Crippen LogP contribution in [0.2, 0.25) is 0 Å². The lowest BCUT2D eigenvalue weighted by Crippen LogP contribution is -2.04. The van der Waals surface area contributed by atoms with Crippen molar-refractivity contribution in [2.45, 2.75) is 33.7 Å². The minimum Gasteiger partial charge on any atom is -0.384 e. The summed E-state index contributed by atoms with van der Waals surface area (Å²) in [5.41, 5.74) is 5.83. The highest BCUT2D eigenvalue weighted by molar-refractivity contribution is 5.36. The van der Waals surface area contributed by atoms with Crippen LogP contribution >= 0.6 is 0 Å². The fraction of sp³-hybridized carbons (Fsp3) is 0.353. The van der Waals surface area contributed by atoms with Gasteiger partial charge in [-0.3, -0.25) is 4.68 Å². The SMILES string of the molecule is CCc1c(C)nn(Cc2ccc(C#CCO)cc2)c1C. The molecule has 0 amide bonds. The molecule has 1 heterocycles. The van der Waals surface area contributed by atoms with Crippen LogP contribution in [0.4, 0.5) is 0 Å². The largest absolute Gasteiger partial charge is 0.384 e. The molecule has 20 heavy (non-hydrogen) atoms. The lowest BCUT2D eigenvalue weighted by atomic mass is 10.1. The number of aromatic nitrogens is 2. The summed E-state index contributed by atoms with van der Waals surface area (Å²) < 4.78 is 2.06. The van der Waals surface area contributed by atoms with Crippen molar-refractivity contribution < 1.29 is 5.11 Å². The Labute approximate surface area is 120 Å². The van der Waals surface area contributed by atoms with Gasteiger partial charge in [-0.1, -0.05) is 30.9 Å². The summed E-state index contributed by atoms with van der Waals surface area (Å²) in [6, 6.07) is 8.07. The van der Waals surface area contributed by atoms with Crippen LogP contribution in [0.5, 0.6) is 0 Å². The highest BCUT2D eigenvalue weighted by Crippen LogP contribution is 2.15. The third-order valence-corrected chi connectivity index (χ3v) is 3.48. The summed E-state index contributed by atoms with van der Waals surface area (Å²) in [5.74, 6) is 5.55. The van der Waals surface area contributed by atoms with E-state index in [1.54, 1.807) is 0 Å². The standard InChI is InChI=1S/C17H20N2O/c1-4-17-13(2)18-19(14(17)3)12-16-9-7-15(8-10-16)6-5-11-20/h7-10,20H,4,11-12H2,1-3H3. The Balaban J connectivity index is 2.18. The maximum atomic E-state index is 8.67. The van der Waals surface area contributed by atoms with Crippen LogP contribution in [0.25, 0.3) is 0 Å². The number of aliphatic hydroxyl groups is 1. The van der Waals surface area contributed by atoms with Gasteiger partial charge in [-0.05, 0) is 43.5 Å². The second kappa shape index (κ2) is 6.40. The number of aliphatic hydroxyl groups excluding tert-OH is 1. The van der Waals surface area contributed by atoms with Gasteiger partial charge in [0.15, 0.2) is 0 Å². The van der Waals surface area contributed by atoms with Gasteiger partial charge in [0, 0.05) is 11.3 Å². The van der Waals surface area contributed by atoms with Gasteiger partial charge in [0.2, 0.25) is 0 Å². The number of rotatable bonds is 3. The smallest absolute Gasteiger partial charge is 0.104 e. The van der Waals surface area contributed by atoms with Crippen LogP contribution in [0.15, 0.2) is 24.3 Å². The fourth-order valence-electron chi connectivity index (χ4n) is 2.41. The molecule has 0 radical (unpaired) electrons. The van der Waals surface area contributed by atoms with E-state index in [4.69, 9.17) is 5.11 Å². The Morgan fingerprint density at radius 1 is 1.20 bits per heavy atom. The van der Waals surface area contributed by atoms with Crippen molar-refractivity contribution >= 4 is 0 Å². The van der Waals surface area contributed by atoms with Gasteiger partial charge in [-0.25, -0.2) is 0 Å². The van der Waals surface area contributed by atoms with Crippen molar-refractivity contribution in [2.24, 2.45) is 0 Å². The summed E-state index contributed by atoms with van der Waals surface area (Å²) in [4.78, 5) is 0. The van der Waals surface area contributed by atoms with Gasteiger partial charge < -0.3 is 5.11 Å². The zero-order valence-corrected chi connectivity index (χ0v) is 12.3. The highest BCUT2D eigenvalue weighted by atomic mass is 16.2. The zero-order chi connectivity index (χ0) is 14.5. The predicted molar refractivity (Wildman–Crippen MR) is 80.6 cm³/mol. The van der Waals surface area contributed by atoms with Crippen molar-refractivity contribution in [3.63, 3.8) is 0 Å². The minimum atomic E-state index is -0.104. The van der Waals surface area contributed by atoms with Crippen LogP contribution in [0.1, 0.15) is 35.0 Å². The van der Waals surface area contributed by atoms with E-state index in [0.29, 0.717) is 0 Å². The first-order valence-corrected chi connectivity index (χ1v) is 6.87. The Morgan fingerprint density at radius 3 is 2.45 bits per heavy atom. The molecule has 3 nitrogen and oxygen atoms in total. The van der Waals surface area contributed by atoms with E-state index >= 15 is 0 Å². The van der Waals surface area contributed by atoms with Crippen LogP contribution in [-0.2, 0) is 13.0 Å². The molecule has 0 aliphatic carbocycles. The van der Waals surface area contributed by atoms with Crippen molar-refractivity contribution in [1.29, 1.82) is 0 Å². The zero-order valence-electron chi connectivity index (χ0n) is 12.3. The predicted octanol–water partition coefficient (Wildman–Crippen LogP) is 2.45. The van der Waals surface area contributed by atoms with E-state index in [9.17, 15) is 0 Å². The molecule has 104 valence electrons. The molecule has 1 aromatic heterocycles. The van der Waals surface area contributed by atoms with Crippen LogP contribution in [0, 0.1) is 25.7 Å². The quantitative estimate of drug-likeness (QED) is 0.868. The fourth-order valence-corrected chi connectivity index (χ4v) is 2.41. The van der Waals surface area contributed by atoms with Crippen molar-refractivity contribution in [2.75, 3.05) is 6.61 Å². The van der Waals surface area contributed by atoms with Crippen molar-refractivity contribution in [1.82, 2.24) is 9.78 Å². The average molecular weight is 268 g/mol. The number of benzene rings is 1. The first-order valence-electron chi connectivity index (χ1n) is 6.87.